The monoisotopic (exact) mass is 259 g/mol. The Labute approximate surface area is 109 Å². The van der Waals surface area contributed by atoms with Gasteiger partial charge < -0.3 is 15.2 Å². The summed E-state index contributed by atoms with van der Waals surface area (Å²) in [6.07, 6.45) is 3.11. The predicted molar refractivity (Wildman–Crippen MR) is 67.8 cm³/mol. The molecule has 1 aromatic rings. The minimum atomic E-state index is -0.644. The van der Waals surface area contributed by atoms with E-state index in [2.05, 4.69) is 15.3 Å². The number of nitrogens with one attached hydrogen (secondary N) is 1. The molecule has 0 fully saturated rings. The summed E-state index contributed by atoms with van der Waals surface area (Å²) in [4.78, 5) is 19.9. The van der Waals surface area contributed by atoms with E-state index in [0.717, 1.165) is 5.56 Å². The van der Waals surface area contributed by atoms with Gasteiger partial charge in [0.15, 0.2) is 11.9 Å². The molecule has 6 heteroatoms. The van der Waals surface area contributed by atoms with Gasteiger partial charge in [-0.1, -0.05) is 0 Å². The molecule has 3 heterocycles. The van der Waals surface area contributed by atoms with E-state index in [4.69, 9.17) is 4.74 Å². The average molecular weight is 259 g/mol. The van der Waals surface area contributed by atoms with E-state index in [1.165, 1.54) is 0 Å². The van der Waals surface area contributed by atoms with E-state index >= 15 is 0 Å². The Bertz CT molecular complexity index is 566. The number of hydrogen-bond donors (Lipinski definition) is 2. The van der Waals surface area contributed by atoms with Gasteiger partial charge in [-0.15, -0.1) is 0 Å². The van der Waals surface area contributed by atoms with Crippen LogP contribution in [0.3, 0.4) is 0 Å². The fraction of sp³-hybridized carbons (Fsp3) is 0.308. The summed E-state index contributed by atoms with van der Waals surface area (Å²) < 4.78 is 5.20. The van der Waals surface area contributed by atoms with Crippen LogP contribution in [0.5, 0.6) is 0 Å². The third-order valence-electron chi connectivity index (χ3n) is 3.10. The number of nitrogens with zero attached hydrogens (tertiary/aromatic N) is 2. The molecule has 2 aliphatic heterocycles. The highest BCUT2D eigenvalue weighted by Crippen LogP contribution is 2.24. The number of ether oxygens (including phenoxy) is 1. The molecule has 19 heavy (non-hydrogen) atoms. The number of pyridine rings is 1. The number of esters is 1. The van der Waals surface area contributed by atoms with Crippen molar-refractivity contribution in [3.05, 3.63) is 41.4 Å². The standard InChI is InChI=1S/C13H13N3O3/c17-11-9(7-8-1-3-14-4-2-8)19-13(18)10(11)12-15-5-6-16-12/h1-4,9,17H,5-7H2,(H,15,16)/t9-/m0/s1. The van der Waals surface area contributed by atoms with E-state index in [9.17, 15) is 9.90 Å². The topological polar surface area (TPSA) is 83.8 Å². The largest absolute Gasteiger partial charge is 0.507 e. The first-order valence-electron chi connectivity index (χ1n) is 6.07. The van der Waals surface area contributed by atoms with Crippen LogP contribution in [-0.2, 0) is 16.0 Å². The molecule has 0 amide bonds. The van der Waals surface area contributed by atoms with Gasteiger partial charge >= 0.3 is 5.97 Å². The van der Waals surface area contributed by atoms with Crippen LogP contribution in [0.1, 0.15) is 5.56 Å². The number of cyclic esters (lactones) is 1. The second-order valence-electron chi connectivity index (χ2n) is 4.37. The molecule has 98 valence electrons. The Morgan fingerprint density at radius 3 is 2.89 bits per heavy atom. The molecule has 2 aliphatic rings. The Balaban J connectivity index is 1.83. The fourth-order valence-corrected chi connectivity index (χ4v) is 2.16. The molecule has 0 bridgehead atoms. The minimum Gasteiger partial charge on any atom is -0.507 e. The van der Waals surface area contributed by atoms with Crippen molar-refractivity contribution in [3.63, 3.8) is 0 Å². The zero-order chi connectivity index (χ0) is 13.2. The first-order valence-corrected chi connectivity index (χ1v) is 6.07. The van der Waals surface area contributed by atoms with Crippen molar-refractivity contribution in [2.75, 3.05) is 13.1 Å². The normalized spacial score (nSPS) is 22.2. The van der Waals surface area contributed by atoms with Gasteiger partial charge in [0.05, 0.1) is 6.54 Å². The molecule has 0 saturated heterocycles. The Hall–Kier alpha value is -2.37. The quantitative estimate of drug-likeness (QED) is 0.766. The molecule has 0 unspecified atom stereocenters. The molecule has 6 nitrogen and oxygen atoms in total. The summed E-state index contributed by atoms with van der Waals surface area (Å²) in [5, 5.41) is 13.1. The highest BCUT2D eigenvalue weighted by atomic mass is 16.6. The molecule has 3 rings (SSSR count). The fourth-order valence-electron chi connectivity index (χ4n) is 2.16. The Morgan fingerprint density at radius 2 is 2.21 bits per heavy atom. The number of aromatic nitrogens is 1. The number of carbonyl (C=O) groups is 1. The van der Waals surface area contributed by atoms with Crippen LogP contribution >= 0.6 is 0 Å². The van der Waals surface area contributed by atoms with E-state index in [0.29, 0.717) is 25.3 Å². The van der Waals surface area contributed by atoms with Crippen LogP contribution in [0, 0.1) is 0 Å². The molecular weight excluding hydrogens is 246 g/mol. The van der Waals surface area contributed by atoms with Crippen molar-refractivity contribution in [1.82, 2.24) is 10.3 Å². The molecule has 0 saturated carbocycles. The number of carbonyl (C=O) groups excluding carboxylic acids is 1. The zero-order valence-electron chi connectivity index (χ0n) is 10.2. The van der Waals surface area contributed by atoms with Crippen LogP contribution in [-0.4, -0.2) is 41.1 Å². The summed E-state index contributed by atoms with van der Waals surface area (Å²) in [6.45, 7) is 1.28. The van der Waals surface area contributed by atoms with Crippen molar-refractivity contribution in [2.45, 2.75) is 12.5 Å². The molecule has 0 aromatic carbocycles. The van der Waals surface area contributed by atoms with Crippen LogP contribution in [0.4, 0.5) is 0 Å². The summed E-state index contributed by atoms with van der Waals surface area (Å²) >= 11 is 0. The van der Waals surface area contributed by atoms with Crippen molar-refractivity contribution in [2.24, 2.45) is 4.99 Å². The molecular formula is C13H13N3O3. The summed E-state index contributed by atoms with van der Waals surface area (Å²) in [7, 11) is 0. The van der Waals surface area contributed by atoms with Gasteiger partial charge in [0, 0.05) is 25.4 Å². The van der Waals surface area contributed by atoms with Gasteiger partial charge in [-0.2, -0.15) is 0 Å². The van der Waals surface area contributed by atoms with Crippen molar-refractivity contribution in [3.8, 4) is 0 Å². The maximum atomic E-state index is 11.8. The smallest absolute Gasteiger partial charge is 0.346 e. The second-order valence-corrected chi connectivity index (χ2v) is 4.37. The van der Waals surface area contributed by atoms with E-state index in [1.807, 2.05) is 12.1 Å². The summed E-state index contributed by atoms with van der Waals surface area (Å²) in [5.74, 6) is -0.139. The highest BCUT2D eigenvalue weighted by molar-refractivity contribution is 6.20. The molecule has 0 radical (unpaired) electrons. The van der Waals surface area contributed by atoms with Crippen LogP contribution in [0.25, 0.3) is 0 Å². The number of aliphatic hydroxyl groups is 1. The second kappa shape index (κ2) is 4.72. The first-order chi connectivity index (χ1) is 9.25. The molecule has 0 spiro atoms. The van der Waals surface area contributed by atoms with Gasteiger partial charge in [0.2, 0.25) is 0 Å². The number of aliphatic hydroxyl groups excluding tert-OH is 1. The van der Waals surface area contributed by atoms with Gasteiger partial charge in [-0.05, 0) is 17.7 Å². The van der Waals surface area contributed by atoms with Gasteiger partial charge in [0.25, 0.3) is 0 Å². The van der Waals surface area contributed by atoms with Crippen LogP contribution in [0.15, 0.2) is 40.9 Å². The zero-order valence-corrected chi connectivity index (χ0v) is 10.2. The van der Waals surface area contributed by atoms with Gasteiger partial charge in [-0.3, -0.25) is 9.98 Å². The van der Waals surface area contributed by atoms with Gasteiger partial charge in [0.1, 0.15) is 11.4 Å². The maximum Gasteiger partial charge on any atom is 0.346 e. The third-order valence-corrected chi connectivity index (χ3v) is 3.10. The first kappa shape index (κ1) is 11.7. The lowest BCUT2D eigenvalue weighted by Gasteiger charge is -2.09. The lowest BCUT2D eigenvalue weighted by molar-refractivity contribution is -0.139. The highest BCUT2D eigenvalue weighted by Gasteiger charge is 2.37. The average Bonchev–Trinajstić information content (AvgIpc) is 3.01. The third kappa shape index (κ3) is 2.16. The number of aliphatic imine (C=N–C) groups is 1. The Kier molecular flexibility index (Phi) is 2.91. The summed E-state index contributed by atoms with van der Waals surface area (Å²) in [5.41, 5.74) is 1.11. The number of rotatable bonds is 3. The van der Waals surface area contributed by atoms with Crippen molar-refractivity contribution >= 4 is 11.8 Å². The van der Waals surface area contributed by atoms with Crippen molar-refractivity contribution < 1.29 is 14.6 Å². The van der Waals surface area contributed by atoms with E-state index in [-0.39, 0.29) is 11.3 Å². The summed E-state index contributed by atoms with van der Waals surface area (Å²) in [6, 6.07) is 3.65. The van der Waals surface area contributed by atoms with Crippen molar-refractivity contribution in [1.29, 1.82) is 0 Å². The predicted octanol–water partition coefficient (Wildman–Crippen LogP) is 0.363. The molecule has 1 atom stereocenters. The molecule has 0 aliphatic carbocycles. The minimum absolute atomic E-state index is 0.0463. The Morgan fingerprint density at radius 1 is 1.42 bits per heavy atom. The number of amidine groups is 1. The SMILES string of the molecule is O=C1O[C@@H](Cc2ccncc2)C(O)=C1C1=NCCN1. The van der Waals surface area contributed by atoms with E-state index < -0.39 is 12.1 Å². The van der Waals surface area contributed by atoms with Gasteiger partial charge in [-0.25, -0.2) is 4.79 Å². The van der Waals surface area contributed by atoms with Crippen LogP contribution in [0.2, 0.25) is 0 Å². The van der Waals surface area contributed by atoms with E-state index in [1.54, 1.807) is 12.4 Å². The number of hydrogen-bond acceptors (Lipinski definition) is 6. The molecule has 1 aromatic heterocycles. The molecule has 2 N–H and O–H groups in total. The lowest BCUT2D eigenvalue weighted by atomic mass is 10.1. The van der Waals surface area contributed by atoms with Crippen LogP contribution < -0.4 is 5.32 Å². The lowest BCUT2D eigenvalue weighted by Crippen LogP contribution is -2.24. The maximum absolute atomic E-state index is 11.8.